The van der Waals surface area contributed by atoms with Crippen molar-refractivity contribution in [1.82, 2.24) is 9.62 Å². The maximum absolute atomic E-state index is 13.9. The lowest BCUT2D eigenvalue weighted by molar-refractivity contribution is -0.125. The predicted molar refractivity (Wildman–Crippen MR) is 123 cm³/mol. The Labute approximate surface area is 193 Å². The van der Waals surface area contributed by atoms with E-state index in [-0.39, 0.29) is 23.8 Å². The highest BCUT2D eigenvalue weighted by molar-refractivity contribution is 7.89. The summed E-state index contributed by atoms with van der Waals surface area (Å²) < 4.78 is 41.8. The van der Waals surface area contributed by atoms with Crippen LogP contribution in [0.4, 0.5) is 10.1 Å². The summed E-state index contributed by atoms with van der Waals surface area (Å²) in [5.74, 6) is -1.15. The number of nitrogens with one attached hydrogen (secondary N) is 1. The second-order valence-corrected chi connectivity index (χ2v) is 10.5. The van der Waals surface area contributed by atoms with Gasteiger partial charge in [-0.1, -0.05) is 31.0 Å². The first-order valence-electron chi connectivity index (χ1n) is 11.2. The molecule has 4 rings (SSSR count). The molecular weight excluding hydrogens is 445 g/mol. The summed E-state index contributed by atoms with van der Waals surface area (Å²) in [7, 11) is -3.65. The van der Waals surface area contributed by atoms with Gasteiger partial charge >= 0.3 is 0 Å². The summed E-state index contributed by atoms with van der Waals surface area (Å²) in [6.45, 7) is 2.37. The van der Waals surface area contributed by atoms with Crippen LogP contribution in [-0.4, -0.2) is 43.7 Å². The number of rotatable bonds is 5. The van der Waals surface area contributed by atoms with E-state index >= 15 is 0 Å². The molecular formula is C24H28FN3O4S. The molecule has 0 aliphatic carbocycles. The quantitative estimate of drug-likeness (QED) is 0.723. The van der Waals surface area contributed by atoms with Crippen LogP contribution in [0.25, 0.3) is 0 Å². The van der Waals surface area contributed by atoms with Crippen LogP contribution in [0.15, 0.2) is 47.4 Å². The molecule has 1 saturated heterocycles. The number of fused-ring (bicyclic) bond motifs is 1. The molecule has 0 bridgehead atoms. The topological polar surface area (TPSA) is 86.8 Å². The number of carbonyl (C=O) groups is 2. The van der Waals surface area contributed by atoms with Crippen molar-refractivity contribution in [3.63, 3.8) is 0 Å². The Morgan fingerprint density at radius 2 is 1.76 bits per heavy atom. The van der Waals surface area contributed by atoms with E-state index in [1.54, 1.807) is 30.3 Å². The number of halogens is 1. The van der Waals surface area contributed by atoms with Crippen LogP contribution in [0.2, 0.25) is 0 Å². The fourth-order valence-electron chi connectivity index (χ4n) is 4.56. The van der Waals surface area contributed by atoms with E-state index in [0.717, 1.165) is 25.7 Å². The van der Waals surface area contributed by atoms with E-state index in [1.165, 1.54) is 28.3 Å². The largest absolute Gasteiger partial charge is 0.350 e. The summed E-state index contributed by atoms with van der Waals surface area (Å²) in [6, 6.07) is 10.0. The summed E-state index contributed by atoms with van der Waals surface area (Å²) in [5, 5.41) is 2.71. The molecule has 2 aliphatic heterocycles. The molecule has 0 radical (unpaired) electrons. The van der Waals surface area contributed by atoms with Gasteiger partial charge in [-0.05, 0) is 42.7 Å². The predicted octanol–water partition coefficient (Wildman–Crippen LogP) is 2.98. The molecule has 0 aromatic heterocycles. The van der Waals surface area contributed by atoms with Crippen molar-refractivity contribution in [2.45, 2.75) is 56.5 Å². The van der Waals surface area contributed by atoms with E-state index in [1.807, 2.05) is 0 Å². The highest BCUT2D eigenvalue weighted by Crippen LogP contribution is 2.35. The van der Waals surface area contributed by atoms with E-state index in [4.69, 9.17) is 0 Å². The fourth-order valence-corrected chi connectivity index (χ4v) is 6.13. The molecule has 1 N–H and O–H groups in total. The van der Waals surface area contributed by atoms with Gasteiger partial charge in [0.1, 0.15) is 11.9 Å². The van der Waals surface area contributed by atoms with Crippen LogP contribution in [0.5, 0.6) is 0 Å². The zero-order chi connectivity index (χ0) is 23.6. The van der Waals surface area contributed by atoms with Gasteiger partial charge in [0.25, 0.3) is 0 Å². The Morgan fingerprint density at radius 1 is 1.06 bits per heavy atom. The SMILES string of the molecule is CC(=O)N1c2ccc(S(=O)(=O)N3CCCCCC3)cc2CC1C(=O)NCc1ccccc1F. The van der Waals surface area contributed by atoms with Gasteiger partial charge in [-0.3, -0.25) is 14.5 Å². The Balaban J connectivity index is 1.55. The van der Waals surface area contributed by atoms with Crippen molar-refractivity contribution in [2.24, 2.45) is 0 Å². The van der Waals surface area contributed by atoms with Crippen molar-refractivity contribution in [3.05, 3.63) is 59.4 Å². The zero-order valence-corrected chi connectivity index (χ0v) is 19.4. The lowest BCUT2D eigenvalue weighted by Crippen LogP contribution is -2.47. The Morgan fingerprint density at radius 3 is 2.42 bits per heavy atom. The van der Waals surface area contributed by atoms with E-state index in [9.17, 15) is 22.4 Å². The highest BCUT2D eigenvalue weighted by Gasteiger charge is 2.38. The van der Waals surface area contributed by atoms with Gasteiger partial charge in [-0.15, -0.1) is 0 Å². The van der Waals surface area contributed by atoms with Crippen molar-refractivity contribution in [1.29, 1.82) is 0 Å². The van der Waals surface area contributed by atoms with Crippen LogP contribution < -0.4 is 10.2 Å². The molecule has 1 atom stereocenters. The highest BCUT2D eigenvalue weighted by atomic mass is 32.2. The molecule has 2 aromatic carbocycles. The molecule has 33 heavy (non-hydrogen) atoms. The third-order valence-electron chi connectivity index (χ3n) is 6.29. The minimum Gasteiger partial charge on any atom is -0.350 e. The molecule has 2 aromatic rings. The minimum atomic E-state index is -3.65. The molecule has 7 nitrogen and oxygen atoms in total. The number of sulfonamides is 1. The van der Waals surface area contributed by atoms with Gasteiger partial charge in [-0.2, -0.15) is 4.31 Å². The normalized spacial score (nSPS) is 19.1. The van der Waals surface area contributed by atoms with E-state index < -0.39 is 27.8 Å². The van der Waals surface area contributed by atoms with Gasteiger partial charge in [0.15, 0.2) is 0 Å². The maximum Gasteiger partial charge on any atom is 0.243 e. The van der Waals surface area contributed by atoms with E-state index in [0.29, 0.717) is 29.9 Å². The second-order valence-electron chi connectivity index (χ2n) is 8.53. The Kier molecular flexibility index (Phi) is 6.81. The van der Waals surface area contributed by atoms with Crippen molar-refractivity contribution >= 4 is 27.5 Å². The van der Waals surface area contributed by atoms with Gasteiger partial charge in [0.2, 0.25) is 21.8 Å². The lowest BCUT2D eigenvalue weighted by atomic mass is 10.1. The fraction of sp³-hybridized carbons (Fsp3) is 0.417. The average molecular weight is 474 g/mol. The summed E-state index contributed by atoms with van der Waals surface area (Å²) in [4.78, 5) is 26.9. The smallest absolute Gasteiger partial charge is 0.243 e. The van der Waals surface area contributed by atoms with Crippen LogP contribution in [0.3, 0.4) is 0 Å². The molecule has 2 amide bonds. The third-order valence-corrected chi connectivity index (χ3v) is 8.19. The summed E-state index contributed by atoms with van der Waals surface area (Å²) in [5.41, 5.74) is 1.51. The van der Waals surface area contributed by atoms with Gasteiger partial charge in [0, 0.05) is 44.2 Å². The number of hydrogen-bond acceptors (Lipinski definition) is 4. The number of benzene rings is 2. The molecule has 2 heterocycles. The minimum absolute atomic E-state index is 0.00130. The number of anilines is 1. The zero-order valence-electron chi connectivity index (χ0n) is 18.6. The molecule has 176 valence electrons. The van der Waals surface area contributed by atoms with Crippen molar-refractivity contribution in [2.75, 3.05) is 18.0 Å². The van der Waals surface area contributed by atoms with Crippen molar-refractivity contribution < 1.29 is 22.4 Å². The Hall–Kier alpha value is -2.78. The molecule has 0 saturated carbocycles. The second kappa shape index (κ2) is 9.61. The van der Waals surface area contributed by atoms with Crippen molar-refractivity contribution in [3.8, 4) is 0 Å². The first-order chi connectivity index (χ1) is 15.8. The molecule has 2 aliphatic rings. The number of hydrogen-bond donors (Lipinski definition) is 1. The molecule has 1 unspecified atom stereocenters. The first kappa shape index (κ1) is 23.4. The monoisotopic (exact) mass is 473 g/mol. The van der Waals surface area contributed by atoms with Gasteiger partial charge in [-0.25, -0.2) is 12.8 Å². The average Bonchev–Trinajstić information content (AvgIpc) is 2.96. The lowest BCUT2D eigenvalue weighted by Gasteiger charge is -2.24. The maximum atomic E-state index is 13.9. The van der Waals surface area contributed by atoms with E-state index in [2.05, 4.69) is 5.32 Å². The van der Waals surface area contributed by atoms with Crippen LogP contribution in [-0.2, 0) is 32.6 Å². The number of amides is 2. The molecule has 0 spiro atoms. The standard InChI is InChI=1S/C24H28FN3O4S/c1-17(29)28-22-11-10-20(33(31,32)27-12-6-2-3-7-13-27)14-19(22)15-23(28)24(30)26-16-18-8-4-5-9-21(18)25/h4-5,8-11,14,23H,2-3,6-7,12-13,15-16H2,1H3,(H,26,30). The Bertz CT molecular complexity index is 1160. The summed E-state index contributed by atoms with van der Waals surface area (Å²) >= 11 is 0. The summed E-state index contributed by atoms with van der Waals surface area (Å²) in [6.07, 6.45) is 3.92. The number of nitrogens with zero attached hydrogens (tertiary/aromatic N) is 2. The third kappa shape index (κ3) is 4.79. The first-order valence-corrected chi connectivity index (χ1v) is 12.7. The van der Waals surface area contributed by atoms with Crippen LogP contribution >= 0.6 is 0 Å². The van der Waals surface area contributed by atoms with Gasteiger partial charge in [0.05, 0.1) is 4.90 Å². The molecule has 9 heteroatoms. The van der Waals surface area contributed by atoms with Crippen LogP contribution in [0, 0.1) is 5.82 Å². The van der Waals surface area contributed by atoms with Gasteiger partial charge < -0.3 is 5.32 Å². The van der Waals surface area contributed by atoms with Crippen LogP contribution in [0.1, 0.15) is 43.7 Å². The molecule has 1 fully saturated rings. The number of carbonyl (C=O) groups excluding carboxylic acids is 2.